The molecule has 0 radical (unpaired) electrons. The molecular weight excluding hydrogens is 298 g/mol. The molecule has 0 bridgehead atoms. The highest BCUT2D eigenvalue weighted by Crippen LogP contribution is 2.32. The molecule has 0 unspecified atom stereocenters. The van der Waals surface area contributed by atoms with Crippen LogP contribution in [0.3, 0.4) is 0 Å². The second kappa shape index (κ2) is 6.04. The fourth-order valence-corrected chi connectivity index (χ4v) is 3.50. The molecule has 2 aromatic heterocycles. The van der Waals surface area contributed by atoms with Gasteiger partial charge in [-0.15, -0.1) is 0 Å². The number of aromatic amines is 1. The van der Waals surface area contributed by atoms with E-state index < -0.39 is 0 Å². The predicted molar refractivity (Wildman–Crippen MR) is 95.0 cm³/mol. The number of H-pyrrole nitrogens is 1. The maximum Gasteiger partial charge on any atom is 0.173 e. The lowest BCUT2D eigenvalue weighted by molar-refractivity contribution is 0.744. The Kier molecular flexibility index (Phi) is 3.73. The fraction of sp³-hybridized carbons (Fsp3) is 0.368. The molecule has 0 amide bonds. The lowest BCUT2D eigenvalue weighted by Gasteiger charge is -2.14. The van der Waals surface area contributed by atoms with E-state index in [9.17, 15) is 5.26 Å². The van der Waals surface area contributed by atoms with Gasteiger partial charge in [0.1, 0.15) is 17.3 Å². The Morgan fingerprint density at radius 2 is 2.04 bits per heavy atom. The van der Waals surface area contributed by atoms with Crippen LogP contribution in [-0.4, -0.2) is 20.6 Å². The molecule has 1 fully saturated rings. The van der Waals surface area contributed by atoms with Crippen LogP contribution >= 0.6 is 0 Å². The number of benzene rings is 1. The van der Waals surface area contributed by atoms with Crippen LogP contribution in [-0.2, 0) is 6.42 Å². The largest absolute Gasteiger partial charge is 0.365 e. The van der Waals surface area contributed by atoms with Crippen molar-refractivity contribution in [2.75, 3.05) is 5.32 Å². The number of nitrogens with zero attached hydrogens (tertiary/aromatic N) is 3. The van der Waals surface area contributed by atoms with Crippen molar-refractivity contribution >= 4 is 11.5 Å². The average Bonchev–Trinajstić information content (AvgIpc) is 3.33. The number of fused-ring (bicyclic) bond motifs is 1. The Morgan fingerprint density at radius 1 is 1.29 bits per heavy atom. The van der Waals surface area contributed by atoms with Gasteiger partial charge in [0.2, 0.25) is 0 Å². The predicted octanol–water partition coefficient (Wildman–Crippen LogP) is 4.12. The summed E-state index contributed by atoms with van der Waals surface area (Å²) in [6.07, 6.45) is 7.66. The maximum atomic E-state index is 9.30. The number of aryl methyl sites for hydroxylation is 1. The smallest absolute Gasteiger partial charge is 0.173 e. The SMILES string of the molecule is CCc1ccc(-c2nc3c(C#N)c[nH]n3c2NC2CCCC2)cc1. The molecule has 0 atom stereocenters. The van der Waals surface area contributed by atoms with Gasteiger partial charge in [-0.2, -0.15) is 5.26 Å². The minimum Gasteiger partial charge on any atom is -0.365 e. The summed E-state index contributed by atoms with van der Waals surface area (Å²) in [6, 6.07) is 11.2. The zero-order valence-electron chi connectivity index (χ0n) is 13.8. The van der Waals surface area contributed by atoms with E-state index in [1.54, 1.807) is 6.20 Å². The molecule has 2 N–H and O–H groups in total. The van der Waals surface area contributed by atoms with E-state index in [0.717, 1.165) is 23.5 Å². The van der Waals surface area contributed by atoms with Crippen LogP contribution in [0, 0.1) is 11.3 Å². The third-order valence-electron chi connectivity index (χ3n) is 4.91. The third kappa shape index (κ3) is 2.44. The lowest BCUT2D eigenvalue weighted by Crippen LogP contribution is -2.16. The zero-order chi connectivity index (χ0) is 16.5. The van der Waals surface area contributed by atoms with Gasteiger partial charge < -0.3 is 5.32 Å². The Hall–Kier alpha value is -2.74. The van der Waals surface area contributed by atoms with Crippen LogP contribution in [0.25, 0.3) is 16.9 Å². The number of rotatable bonds is 4. The summed E-state index contributed by atoms with van der Waals surface area (Å²) in [6.45, 7) is 2.15. The molecule has 1 aliphatic rings. The van der Waals surface area contributed by atoms with E-state index in [1.165, 1.54) is 31.2 Å². The molecule has 3 aromatic rings. The summed E-state index contributed by atoms with van der Waals surface area (Å²) in [4.78, 5) is 4.76. The van der Waals surface area contributed by atoms with Crippen molar-refractivity contribution in [1.82, 2.24) is 14.6 Å². The highest BCUT2D eigenvalue weighted by atomic mass is 15.3. The van der Waals surface area contributed by atoms with Crippen molar-refractivity contribution in [1.29, 1.82) is 5.26 Å². The van der Waals surface area contributed by atoms with Crippen molar-refractivity contribution in [3.8, 4) is 17.3 Å². The van der Waals surface area contributed by atoms with Gasteiger partial charge in [0.05, 0.1) is 0 Å². The highest BCUT2D eigenvalue weighted by molar-refractivity contribution is 5.78. The van der Waals surface area contributed by atoms with E-state index in [2.05, 4.69) is 47.7 Å². The van der Waals surface area contributed by atoms with Gasteiger partial charge in [-0.25, -0.2) is 9.50 Å². The summed E-state index contributed by atoms with van der Waals surface area (Å²) in [5.41, 5.74) is 4.56. The normalized spacial score (nSPS) is 15.0. The molecule has 5 nitrogen and oxygen atoms in total. The van der Waals surface area contributed by atoms with Gasteiger partial charge in [0.15, 0.2) is 11.5 Å². The fourth-order valence-electron chi connectivity index (χ4n) is 3.50. The van der Waals surface area contributed by atoms with Gasteiger partial charge >= 0.3 is 0 Å². The number of nitriles is 1. The summed E-state index contributed by atoms with van der Waals surface area (Å²) < 4.78 is 1.90. The van der Waals surface area contributed by atoms with Crippen molar-refractivity contribution in [3.05, 3.63) is 41.6 Å². The first-order valence-corrected chi connectivity index (χ1v) is 8.66. The first-order chi connectivity index (χ1) is 11.8. The third-order valence-corrected chi connectivity index (χ3v) is 4.91. The van der Waals surface area contributed by atoms with Gasteiger partial charge in [-0.1, -0.05) is 44.0 Å². The number of hydrogen-bond acceptors (Lipinski definition) is 3. The number of nitrogens with one attached hydrogen (secondary N) is 2. The molecule has 122 valence electrons. The summed E-state index contributed by atoms with van der Waals surface area (Å²) in [5, 5.41) is 16.1. The number of anilines is 1. The summed E-state index contributed by atoms with van der Waals surface area (Å²) >= 11 is 0. The summed E-state index contributed by atoms with van der Waals surface area (Å²) in [5.74, 6) is 0.961. The van der Waals surface area contributed by atoms with Crippen molar-refractivity contribution in [2.24, 2.45) is 0 Å². The molecule has 24 heavy (non-hydrogen) atoms. The van der Waals surface area contributed by atoms with E-state index in [-0.39, 0.29) is 0 Å². The molecule has 1 aromatic carbocycles. The average molecular weight is 319 g/mol. The molecule has 0 spiro atoms. The molecule has 0 saturated heterocycles. The molecule has 4 rings (SSSR count). The van der Waals surface area contributed by atoms with Crippen LogP contribution in [0.15, 0.2) is 30.5 Å². The summed E-state index contributed by atoms with van der Waals surface area (Å²) in [7, 11) is 0. The Morgan fingerprint density at radius 3 is 2.71 bits per heavy atom. The van der Waals surface area contributed by atoms with Crippen molar-refractivity contribution in [3.63, 3.8) is 0 Å². The Balaban J connectivity index is 1.82. The van der Waals surface area contributed by atoms with Crippen LogP contribution in [0.2, 0.25) is 0 Å². The van der Waals surface area contributed by atoms with Crippen molar-refractivity contribution < 1.29 is 0 Å². The van der Waals surface area contributed by atoms with Crippen LogP contribution in [0.5, 0.6) is 0 Å². The molecule has 5 heteroatoms. The quantitative estimate of drug-likeness (QED) is 0.760. The zero-order valence-corrected chi connectivity index (χ0v) is 13.8. The van der Waals surface area contributed by atoms with E-state index in [0.29, 0.717) is 17.3 Å². The molecular formula is C19H21N5. The van der Waals surface area contributed by atoms with Crippen LogP contribution in [0.4, 0.5) is 5.82 Å². The number of hydrogen-bond donors (Lipinski definition) is 2. The first-order valence-electron chi connectivity index (χ1n) is 8.66. The van der Waals surface area contributed by atoms with E-state index in [4.69, 9.17) is 4.98 Å². The van der Waals surface area contributed by atoms with Crippen molar-refractivity contribution in [2.45, 2.75) is 45.1 Å². The monoisotopic (exact) mass is 319 g/mol. The van der Waals surface area contributed by atoms with Crippen LogP contribution in [0.1, 0.15) is 43.7 Å². The van der Waals surface area contributed by atoms with Gasteiger partial charge in [0.25, 0.3) is 0 Å². The lowest BCUT2D eigenvalue weighted by atomic mass is 10.1. The molecule has 1 aliphatic carbocycles. The topological polar surface area (TPSA) is 68.9 Å². The second-order valence-electron chi connectivity index (χ2n) is 6.44. The second-order valence-corrected chi connectivity index (χ2v) is 6.44. The van der Waals surface area contributed by atoms with E-state index >= 15 is 0 Å². The Labute approximate surface area is 141 Å². The maximum absolute atomic E-state index is 9.30. The number of imidazole rings is 1. The van der Waals surface area contributed by atoms with Gasteiger partial charge in [0, 0.05) is 17.8 Å². The number of aromatic nitrogens is 3. The minimum absolute atomic E-state index is 0.479. The van der Waals surface area contributed by atoms with Gasteiger partial charge in [-0.3, -0.25) is 5.10 Å². The molecule has 1 saturated carbocycles. The van der Waals surface area contributed by atoms with Crippen LogP contribution < -0.4 is 5.32 Å². The first kappa shape index (κ1) is 14.8. The Bertz CT molecular complexity index is 888. The van der Waals surface area contributed by atoms with Gasteiger partial charge in [-0.05, 0) is 24.8 Å². The molecule has 2 heterocycles. The standard InChI is InChI=1S/C19H21N5/c1-2-13-7-9-14(10-8-13)17-19(22-16-5-3-4-6-16)24-18(23-17)15(11-20)12-21-24/h7-10,12,16,21-22H,2-6H2,1H3. The molecule has 0 aliphatic heterocycles. The highest BCUT2D eigenvalue weighted by Gasteiger charge is 2.22. The van der Waals surface area contributed by atoms with E-state index in [1.807, 2.05) is 4.52 Å². The minimum atomic E-state index is 0.479.